The molecule has 4 aromatic rings. The molecule has 0 atom stereocenters. The van der Waals surface area contributed by atoms with Crippen LogP contribution in [-0.2, 0) is 33.7 Å². The van der Waals surface area contributed by atoms with Gasteiger partial charge >= 0.3 is 0 Å². The molecule has 4 heterocycles. The lowest BCUT2D eigenvalue weighted by Crippen LogP contribution is -2.30. The lowest BCUT2D eigenvalue weighted by Gasteiger charge is -2.20. The molecule has 7 nitrogen and oxygen atoms in total. The Kier molecular flexibility index (Phi) is 4.08. The smallest absolute Gasteiger partial charge is 0.275 e. The SMILES string of the molecule is Cn1ccc(C(=O)N2Cc3cn(Cc4ccccc4)nc3-c3ccn(C)c3C2)n1. The third-order valence-corrected chi connectivity index (χ3v) is 5.40. The largest absolute Gasteiger partial charge is 0.352 e. The summed E-state index contributed by atoms with van der Waals surface area (Å²) in [5, 5.41) is 9.17. The number of carbonyl (C=O) groups excluding carboxylic acids is 1. The second-order valence-electron chi connectivity index (χ2n) is 7.51. The van der Waals surface area contributed by atoms with Crippen LogP contribution in [0.25, 0.3) is 11.3 Å². The van der Waals surface area contributed by atoms with Gasteiger partial charge in [0, 0.05) is 49.5 Å². The minimum atomic E-state index is -0.0681. The van der Waals surface area contributed by atoms with Crippen molar-refractivity contribution in [2.45, 2.75) is 19.6 Å². The summed E-state index contributed by atoms with van der Waals surface area (Å²) < 4.78 is 5.69. The molecule has 0 aliphatic carbocycles. The van der Waals surface area contributed by atoms with Crippen LogP contribution in [0.2, 0.25) is 0 Å². The Hall–Kier alpha value is -3.61. The number of fused-ring (bicyclic) bond motifs is 3. The number of aromatic nitrogens is 5. The molecule has 7 heteroatoms. The van der Waals surface area contributed by atoms with Crippen molar-refractivity contribution in [2.24, 2.45) is 14.1 Å². The highest BCUT2D eigenvalue weighted by Gasteiger charge is 2.28. The lowest BCUT2D eigenvalue weighted by atomic mass is 10.1. The number of benzene rings is 1. The van der Waals surface area contributed by atoms with E-state index in [0.29, 0.717) is 25.3 Å². The van der Waals surface area contributed by atoms with Gasteiger partial charge < -0.3 is 9.47 Å². The van der Waals surface area contributed by atoms with Crippen molar-refractivity contribution in [3.8, 4) is 11.3 Å². The molecule has 1 amide bonds. The molecule has 29 heavy (non-hydrogen) atoms. The number of hydrogen-bond donors (Lipinski definition) is 0. The second kappa shape index (κ2) is 6.77. The molecule has 0 saturated heterocycles. The van der Waals surface area contributed by atoms with Crippen molar-refractivity contribution in [3.05, 3.63) is 83.6 Å². The van der Waals surface area contributed by atoms with Gasteiger partial charge in [0.25, 0.3) is 5.91 Å². The zero-order valence-corrected chi connectivity index (χ0v) is 16.5. The van der Waals surface area contributed by atoms with Crippen LogP contribution in [0, 0.1) is 0 Å². The molecule has 1 aromatic carbocycles. The molecule has 5 rings (SSSR count). The van der Waals surface area contributed by atoms with E-state index in [0.717, 1.165) is 22.5 Å². The molecule has 0 saturated carbocycles. The maximum atomic E-state index is 13.1. The third kappa shape index (κ3) is 3.14. The summed E-state index contributed by atoms with van der Waals surface area (Å²) in [5.41, 5.74) is 5.83. The van der Waals surface area contributed by atoms with Crippen molar-refractivity contribution >= 4 is 5.91 Å². The predicted molar refractivity (Wildman–Crippen MR) is 109 cm³/mol. The molecule has 0 unspecified atom stereocenters. The van der Waals surface area contributed by atoms with Crippen LogP contribution < -0.4 is 0 Å². The van der Waals surface area contributed by atoms with E-state index >= 15 is 0 Å². The van der Waals surface area contributed by atoms with Crippen LogP contribution in [0.3, 0.4) is 0 Å². The van der Waals surface area contributed by atoms with E-state index < -0.39 is 0 Å². The quantitative estimate of drug-likeness (QED) is 0.544. The molecular weight excluding hydrogens is 364 g/mol. The van der Waals surface area contributed by atoms with Gasteiger partial charge in [-0.05, 0) is 17.7 Å². The highest BCUT2D eigenvalue weighted by Crippen LogP contribution is 2.32. The first kappa shape index (κ1) is 17.5. The summed E-state index contributed by atoms with van der Waals surface area (Å²) in [6.45, 7) is 1.74. The van der Waals surface area contributed by atoms with Crippen molar-refractivity contribution in [1.82, 2.24) is 29.0 Å². The van der Waals surface area contributed by atoms with E-state index in [1.807, 2.05) is 48.1 Å². The van der Waals surface area contributed by atoms with E-state index in [4.69, 9.17) is 5.10 Å². The molecule has 0 bridgehead atoms. The summed E-state index contributed by atoms with van der Waals surface area (Å²) in [4.78, 5) is 15.0. The number of hydrogen-bond acceptors (Lipinski definition) is 3. The highest BCUT2D eigenvalue weighted by molar-refractivity contribution is 5.92. The van der Waals surface area contributed by atoms with Crippen LogP contribution >= 0.6 is 0 Å². The average molecular weight is 386 g/mol. The minimum absolute atomic E-state index is 0.0681. The zero-order chi connectivity index (χ0) is 20.0. The van der Waals surface area contributed by atoms with E-state index in [1.165, 1.54) is 5.56 Å². The van der Waals surface area contributed by atoms with Crippen LogP contribution in [0.5, 0.6) is 0 Å². The summed E-state index contributed by atoms with van der Waals surface area (Å²) in [6, 6.07) is 14.1. The maximum absolute atomic E-state index is 13.1. The van der Waals surface area contributed by atoms with Crippen LogP contribution in [0.4, 0.5) is 0 Å². The van der Waals surface area contributed by atoms with Crippen LogP contribution in [0.1, 0.15) is 27.3 Å². The Morgan fingerprint density at radius 1 is 1.00 bits per heavy atom. The number of carbonyl (C=O) groups is 1. The van der Waals surface area contributed by atoms with Gasteiger partial charge in [0.05, 0.1) is 25.3 Å². The second-order valence-corrected chi connectivity index (χ2v) is 7.51. The molecule has 0 radical (unpaired) electrons. The fourth-order valence-electron chi connectivity index (χ4n) is 3.91. The van der Waals surface area contributed by atoms with Crippen molar-refractivity contribution in [1.29, 1.82) is 0 Å². The lowest BCUT2D eigenvalue weighted by molar-refractivity contribution is 0.0722. The average Bonchev–Trinajstić information content (AvgIpc) is 3.39. The van der Waals surface area contributed by atoms with Crippen molar-refractivity contribution in [2.75, 3.05) is 0 Å². The normalized spacial score (nSPS) is 13.1. The maximum Gasteiger partial charge on any atom is 0.275 e. The minimum Gasteiger partial charge on any atom is -0.352 e. The molecule has 0 fully saturated rings. The van der Waals surface area contributed by atoms with E-state index in [1.54, 1.807) is 16.9 Å². The molecule has 3 aromatic heterocycles. The summed E-state index contributed by atoms with van der Waals surface area (Å²) in [7, 11) is 3.83. The fourth-order valence-corrected chi connectivity index (χ4v) is 3.91. The van der Waals surface area contributed by atoms with Gasteiger partial charge in [0.15, 0.2) is 0 Å². The van der Waals surface area contributed by atoms with E-state index in [2.05, 4.69) is 34.1 Å². The Morgan fingerprint density at radius 2 is 1.83 bits per heavy atom. The van der Waals surface area contributed by atoms with E-state index in [9.17, 15) is 4.79 Å². The molecule has 1 aliphatic heterocycles. The van der Waals surface area contributed by atoms with Crippen LogP contribution in [0.15, 0.2) is 61.1 Å². The van der Waals surface area contributed by atoms with Gasteiger partial charge in [-0.3, -0.25) is 14.2 Å². The predicted octanol–water partition coefficient (Wildman–Crippen LogP) is 2.83. The Morgan fingerprint density at radius 3 is 2.59 bits per heavy atom. The van der Waals surface area contributed by atoms with Gasteiger partial charge in [-0.25, -0.2) is 0 Å². The summed E-state index contributed by atoms with van der Waals surface area (Å²) >= 11 is 0. The Balaban J connectivity index is 1.54. The van der Waals surface area contributed by atoms with Crippen molar-refractivity contribution in [3.63, 3.8) is 0 Å². The topological polar surface area (TPSA) is 60.9 Å². The monoisotopic (exact) mass is 386 g/mol. The first-order valence-electron chi connectivity index (χ1n) is 9.62. The first-order valence-corrected chi connectivity index (χ1v) is 9.62. The molecule has 0 spiro atoms. The Bertz CT molecular complexity index is 1180. The molecule has 146 valence electrons. The summed E-state index contributed by atoms with van der Waals surface area (Å²) in [6.07, 6.45) is 5.88. The van der Waals surface area contributed by atoms with Gasteiger partial charge in [-0.1, -0.05) is 30.3 Å². The number of amides is 1. The summed E-state index contributed by atoms with van der Waals surface area (Å²) in [5.74, 6) is -0.0681. The number of aryl methyl sites for hydroxylation is 2. The van der Waals surface area contributed by atoms with Gasteiger partial charge in [-0.2, -0.15) is 10.2 Å². The zero-order valence-electron chi connectivity index (χ0n) is 16.5. The number of nitrogens with zero attached hydrogens (tertiary/aromatic N) is 6. The van der Waals surface area contributed by atoms with E-state index in [-0.39, 0.29) is 5.91 Å². The van der Waals surface area contributed by atoms with Gasteiger partial charge in [0.2, 0.25) is 0 Å². The first-order chi connectivity index (χ1) is 14.1. The Labute approximate surface area is 168 Å². The molecule has 1 aliphatic rings. The number of rotatable bonds is 3. The molecule has 0 N–H and O–H groups in total. The standard InChI is InChI=1S/C22H22N6O/c1-25-10-8-18-20(25)15-27(22(29)19-9-11-26(2)23-19)13-17-14-28(24-21(17)18)12-16-6-4-3-5-7-16/h3-11,14H,12-13,15H2,1-2H3. The fraction of sp³-hybridized carbons (Fsp3) is 0.227. The van der Waals surface area contributed by atoms with Crippen LogP contribution in [-0.4, -0.2) is 34.9 Å². The highest BCUT2D eigenvalue weighted by atomic mass is 16.2. The van der Waals surface area contributed by atoms with Crippen molar-refractivity contribution < 1.29 is 4.79 Å². The van der Waals surface area contributed by atoms with Gasteiger partial charge in [-0.15, -0.1) is 0 Å². The molecular formula is C22H22N6O. The third-order valence-electron chi connectivity index (χ3n) is 5.40. The van der Waals surface area contributed by atoms with Gasteiger partial charge in [0.1, 0.15) is 5.69 Å².